The molecule has 15 heavy (non-hydrogen) atoms. The summed E-state index contributed by atoms with van der Waals surface area (Å²) in [6, 6.07) is 0. The first-order valence-corrected chi connectivity index (χ1v) is 8.75. The maximum absolute atomic E-state index is 9.92. The van der Waals surface area contributed by atoms with Gasteiger partial charge in [0.1, 0.15) is 0 Å². The van der Waals surface area contributed by atoms with Crippen LogP contribution in [0.15, 0.2) is 0 Å². The number of hydrogen-bond acceptors (Lipinski definition) is 2. The molecule has 0 fully saturated rings. The molecule has 0 radical (unpaired) electrons. The van der Waals surface area contributed by atoms with Crippen molar-refractivity contribution < 1.29 is 9.53 Å². The molecule has 2 nitrogen and oxygen atoms in total. The van der Waals surface area contributed by atoms with Crippen molar-refractivity contribution in [2.75, 3.05) is 0 Å². The fourth-order valence-electron chi connectivity index (χ4n) is 1.25. The lowest BCUT2D eigenvalue weighted by Crippen LogP contribution is -2.47. The lowest BCUT2D eigenvalue weighted by molar-refractivity contribution is 0.00960. The van der Waals surface area contributed by atoms with E-state index in [1.807, 2.05) is 20.8 Å². The smallest absolute Gasteiger partial charge is 0.192 e. The van der Waals surface area contributed by atoms with Crippen molar-refractivity contribution >= 4 is 8.32 Å². The van der Waals surface area contributed by atoms with E-state index >= 15 is 0 Å². The third-order valence-corrected chi connectivity index (χ3v) is 8.02. The molecule has 2 atom stereocenters. The quantitative estimate of drug-likeness (QED) is 0.753. The Hall–Kier alpha value is 0.137. The van der Waals surface area contributed by atoms with Crippen LogP contribution in [0.2, 0.25) is 18.1 Å². The standard InChI is InChI=1S/C12H28O2Si/c1-9(2)11(13)10(3)14-15(7,8)12(4,5)6/h9-11,13H,1-8H3. The Morgan fingerprint density at radius 3 is 1.73 bits per heavy atom. The van der Waals surface area contributed by atoms with Gasteiger partial charge in [-0.2, -0.15) is 0 Å². The normalized spacial score (nSPS) is 18.0. The van der Waals surface area contributed by atoms with Crippen molar-refractivity contribution in [2.24, 2.45) is 5.92 Å². The first kappa shape index (κ1) is 15.1. The predicted octanol–water partition coefficient (Wildman–Crippen LogP) is 3.41. The van der Waals surface area contributed by atoms with Crippen LogP contribution in [0.3, 0.4) is 0 Å². The van der Waals surface area contributed by atoms with E-state index in [-0.39, 0.29) is 23.2 Å². The number of aliphatic hydroxyl groups is 1. The number of aliphatic hydroxyl groups excluding tert-OH is 1. The molecule has 0 aromatic rings. The van der Waals surface area contributed by atoms with Crippen molar-refractivity contribution in [2.45, 2.75) is 71.9 Å². The van der Waals surface area contributed by atoms with Crippen LogP contribution >= 0.6 is 0 Å². The molecule has 2 unspecified atom stereocenters. The van der Waals surface area contributed by atoms with Crippen molar-refractivity contribution in [1.29, 1.82) is 0 Å². The van der Waals surface area contributed by atoms with E-state index in [0.717, 1.165) is 0 Å². The molecule has 0 aliphatic carbocycles. The zero-order chi connectivity index (χ0) is 12.4. The summed E-state index contributed by atoms with van der Waals surface area (Å²) in [5, 5.41) is 10.1. The molecule has 0 aliphatic rings. The van der Waals surface area contributed by atoms with Gasteiger partial charge >= 0.3 is 0 Å². The largest absolute Gasteiger partial charge is 0.412 e. The summed E-state index contributed by atoms with van der Waals surface area (Å²) >= 11 is 0. The number of hydrogen-bond donors (Lipinski definition) is 1. The summed E-state index contributed by atoms with van der Waals surface area (Å²) in [7, 11) is -1.74. The number of rotatable bonds is 4. The van der Waals surface area contributed by atoms with Gasteiger partial charge in [0, 0.05) is 0 Å². The molecular weight excluding hydrogens is 204 g/mol. The highest BCUT2D eigenvalue weighted by Gasteiger charge is 2.39. The minimum absolute atomic E-state index is 0.0640. The average Bonchev–Trinajstić information content (AvgIpc) is 1.99. The second kappa shape index (κ2) is 4.98. The van der Waals surface area contributed by atoms with Crippen LogP contribution in [-0.2, 0) is 4.43 Å². The first-order chi connectivity index (χ1) is 6.49. The van der Waals surface area contributed by atoms with Gasteiger partial charge in [-0.25, -0.2) is 0 Å². The van der Waals surface area contributed by atoms with Gasteiger partial charge in [-0.3, -0.25) is 0 Å². The fourth-order valence-corrected chi connectivity index (χ4v) is 2.68. The van der Waals surface area contributed by atoms with Crippen molar-refractivity contribution in [1.82, 2.24) is 0 Å². The molecule has 0 rings (SSSR count). The first-order valence-electron chi connectivity index (χ1n) is 5.85. The Morgan fingerprint density at radius 1 is 1.07 bits per heavy atom. The van der Waals surface area contributed by atoms with Crippen molar-refractivity contribution in [3.63, 3.8) is 0 Å². The SMILES string of the molecule is CC(C)C(O)C(C)O[Si](C)(C)C(C)(C)C. The molecule has 0 spiro atoms. The molecule has 0 aliphatic heterocycles. The molecule has 92 valence electrons. The zero-order valence-corrected chi connectivity index (χ0v) is 12.6. The molecule has 0 saturated heterocycles. The van der Waals surface area contributed by atoms with Gasteiger partial charge in [-0.1, -0.05) is 34.6 Å². The maximum atomic E-state index is 9.92. The Labute approximate surface area is 96.2 Å². The van der Waals surface area contributed by atoms with Gasteiger partial charge < -0.3 is 9.53 Å². The lowest BCUT2D eigenvalue weighted by atomic mass is 10.0. The van der Waals surface area contributed by atoms with E-state index in [9.17, 15) is 5.11 Å². The highest BCUT2D eigenvalue weighted by molar-refractivity contribution is 6.74. The van der Waals surface area contributed by atoms with Gasteiger partial charge in [0.2, 0.25) is 0 Å². The Kier molecular flexibility index (Phi) is 5.02. The Morgan fingerprint density at radius 2 is 1.47 bits per heavy atom. The summed E-state index contributed by atoms with van der Waals surface area (Å²) in [6.45, 7) is 17.1. The van der Waals surface area contributed by atoms with Crippen LogP contribution in [0.5, 0.6) is 0 Å². The summed E-state index contributed by atoms with van der Waals surface area (Å²) in [5.41, 5.74) is 0. The Balaban J connectivity index is 4.47. The highest BCUT2D eigenvalue weighted by Crippen LogP contribution is 2.37. The molecule has 0 bridgehead atoms. The van der Waals surface area contributed by atoms with Crippen LogP contribution in [0.25, 0.3) is 0 Å². The van der Waals surface area contributed by atoms with E-state index in [1.165, 1.54) is 0 Å². The minimum atomic E-state index is -1.74. The lowest BCUT2D eigenvalue weighted by Gasteiger charge is -2.40. The average molecular weight is 232 g/mol. The third-order valence-electron chi connectivity index (χ3n) is 3.45. The second-order valence-corrected chi connectivity index (χ2v) is 11.1. The molecular formula is C12H28O2Si. The topological polar surface area (TPSA) is 29.5 Å². The molecule has 0 aromatic carbocycles. The monoisotopic (exact) mass is 232 g/mol. The second-order valence-electron chi connectivity index (χ2n) is 6.32. The molecule has 3 heteroatoms. The van der Waals surface area contributed by atoms with Crippen molar-refractivity contribution in [3.05, 3.63) is 0 Å². The van der Waals surface area contributed by atoms with Crippen LogP contribution < -0.4 is 0 Å². The van der Waals surface area contributed by atoms with E-state index in [2.05, 4.69) is 33.9 Å². The van der Waals surface area contributed by atoms with E-state index < -0.39 is 8.32 Å². The van der Waals surface area contributed by atoms with Gasteiger partial charge in [0.05, 0.1) is 12.2 Å². The zero-order valence-electron chi connectivity index (χ0n) is 11.6. The molecule has 0 saturated carbocycles. The van der Waals surface area contributed by atoms with Crippen LogP contribution in [-0.4, -0.2) is 25.6 Å². The van der Waals surface area contributed by atoms with Gasteiger partial charge in [-0.15, -0.1) is 0 Å². The van der Waals surface area contributed by atoms with E-state index in [4.69, 9.17) is 4.43 Å². The minimum Gasteiger partial charge on any atom is -0.412 e. The maximum Gasteiger partial charge on any atom is 0.192 e. The molecule has 0 amide bonds. The van der Waals surface area contributed by atoms with E-state index in [0.29, 0.717) is 0 Å². The van der Waals surface area contributed by atoms with Gasteiger partial charge in [0.25, 0.3) is 0 Å². The molecule has 0 heterocycles. The summed E-state index contributed by atoms with van der Waals surface area (Å²) in [5.74, 6) is 0.254. The van der Waals surface area contributed by atoms with Gasteiger partial charge in [-0.05, 0) is 31.0 Å². The Bertz CT molecular complexity index is 194. The third kappa shape index (κ3) is 4.25. The van der Waals surface area contributed by atoms with Crippen molar-refractivity contribution in [3.8, 4) is 0 Å². The highest BCUT2D eigenvalue weighted by atomic mass is 28.4. The summed E-state index contributed by atoms with van der Waals surface area (Å²) in [4.78, 5) is 0. The fraction of sp³-hybridized carbons (Fsp3) is 1.00. The summed E-state index contributed by atoms with van der Waals surface area (Å²) < 4.78 is 6.11. The molecule has 0 aromatic heterocycles. The summed E-state index contributed by atoms with van der Waals surface area (Å²) in [6.07, 6.45) is -0.426. The van der Waals surface area contributed by atoms with Gasteiger partial charge in [0.15, 0.2) is 8.32 Å². The van der Waals surface area contributed by atoms with Crippen LogP contribution in [0, 0.1) is 5.92 Å². The molecule has 1 N–H and O–H groups in total. The van der Waals surface area contributed by atoms with E-state index in [1.54, 1.807) is 0 Å². The van der Waals surface area contributed by atoms with Crippen LogP contribution in [0.4, 0.5) is 0 Å². The van der Waals surface area contributed by atoms with Crippen LogP contribution in [0.1, 0.15) is 41.5 Å². The predicted molar refractivity (Wildman–Crippen MR) is 68.6 cm³/mol.